The number of amidine groups is 1. The summed E-state index contributed by atoms with van der Waals surface area (Å²) in [7, 11) is 0. The summed E-state index contributed by atoms with van der Waals surface area (Å²) >= 11 is 0. The van der Waals surface area contributed by atoms with Crippen LogP contribution in [0.4, 0.5) is 11.6 Å². The SMILES string of the molecule is CCN/C=C\C(N)=Nc1cc(-c2ccc3nc(N)ncc3c2)cn2ccnc12. The fourth-order valence-corrected chi connectivity index (χ4v) is 2.92. The van der Waals surface area contributed by atoms with Gasteiger partial charge in [0.2, 0.25) is 5.95 Å². The molecule has 4 aromatic rings. The van der Waals surface area contributed by atoms with Crippen molar-refractivity contribution in [2.45, 2.75) is 6.92 Å². The summed E-state index contributed by atoms with van der Waals surface area (Å²) < 4.78 is 1.93. The molecule has 140 valence electrons. The van der Waals surface area contributed by atoms with Crippen molar-refractivity contribution in [3.63, 3.8) is 0 Å². The molecule has 0 fully saturated rings. The van der Waals surface area contributed by atoms with E-state index in [1.54, 1.807) is 24.7 Å². The fourth-order valence-electron chi connectivity index (χ4n) is 2.92. The highest BCUT2D eigenvalue weighted by Crippen LogP contribution is 2.29. The highest BCUT2D eigenvalue weighted by molar-refractivity contribution is 5.95. The average Bonchev–Trinajstić information content (AvgIpc) is 3.17. The van der Waals surface area contributed by atoms with Crippen LogP contribution in [0.1, 0.15) is 6.92 Å². The Hall–Kier alpha value is -3.94. The second kappa shape index (κ2) is 7.36. The Morgan fingerprint density at radius 3 is 3.00 bits per heavy atom. The first-order valence-corrected chi connectivity index (χ1v) is 8.87. The van der Waals surface area contributed by atoms with Crippen LogP contribution in [0.25, 0.3) is 27.7 Å². The Morgan fingerprint density at radius 2 is 2.14 bits per heavy atom. The smallest absolute Gasteiger partial charge is 0.220 e. The quantitative estimate of drug-likeness (QED) is 0.366. The molecule has 5 N–H and O–H groups in total. The number of rotatable bonds is 5. The van der Waals surface area contributed by atoms with Gasteiger partial charge in [-0.15, -0.1) is 0 Å². The minimum atomic E-state index is 0.262. The molecule has 0 amide bonds. The maximum Gasteiger partial charge on any atom is 0.220 e. The van der Waals surface area contributed by atoms with E-state index in [-0.39, 0.29) is 5.95 Å². The van der Waals surface area contributed by atoms with E-state index in [9.17, 15) is 0 Å². The van der Waals surface area contributed by atoms with E-state index in [1.165, 1.54) is 0 Å². The Kier molecular flexibility index (Phi) is 4.59. The molecule has 28 heavy (non-hydrogen) atoms. The summed E-state index contributed by atoms with van der Waals surface area (Å²) in [5.74, 6) is 0.656. The van der Waals surface area contributed by atoms with Crippen molar-refractivity contribution in [1.29, 1.82) is 0 Å². The molecule has 0 unspecified atom stereocenters. The van der Waals surface area contributed by atoms with Gasteiger partial charge in [-0.25, -0.2) is 19.9 Å². The van der Waals surface area contributed by atoms with Crippen LogP contribution in [0.15, 0.2) is 66.3 Å². The van der Waals surface area contributed by atoms with E-state index in [4.69, 9.17) is 11.5 Å². The van der Waals surface area contributed by atoms with Gasteiger partial charge in [0.15, 0.2) is 5.65 Å². The number of pyridine rings is 1. The van der Waals surface area contributed by atoms with Crippen molar-refractivity contribution in [3.05, 3.63) is 61.3 Å². The van der Waals surface area contributed by atoms with Crippen molar-refractivity contribution in [2.24, 2.45) is 10.7 Å². The van der Waals surface area contributed by atoms with Gasteiger partial charge in [0.1, 0.15) is 11.5 Å². The number of nitrogen functional groups attached to an aromatic ring is 1. The minimum Gasteiger partial charge on any atom is -0.391 e. The largest absolute Gasteiger partial charge is 0.391 e. The van der Waals surface area contributed by atoms with E-state index >= 15 is 0 Å². The number of hydrogen-bond donors (Lipinski definition) is 3. The number of benzene rings is 1. The number of aromatic nitrogens is 4. The van der Waals surface area contributed by atoms with Crippen LogP contribution in [0.3, 0.4) is 0 Å². The standard InChI is InChI=1S/C20H20N8/c1-2-23-6-5-18(21)26-17-10-15(12-28-8-7-24-19(17)28)13-3-4-16-14(9-13)11-25-20(22)27-16/h3-12,23H,2H2,1H3,(H2,21,26)(H2,22,25,27)/b6-5-. The third kappa shape index (κ3) is 3.48. The number of nitrogens with zero attached hydrogens (tertiary/aromatic N) is 5. The summed E-state index contributed by atoms with van der Waals surface area (Å²) in [4.78, 5) is 17.2. The van der Waals surface area contributed by atoms with Crippen molar-refractivity contribution in [1.82, 2.24) is 24.7 Å². The first-order chi connectivity index (χ1) is 13.6. The molecular formula is C20H20N8. The van der Waals surface area contributed by atoms with Gasteiger partial charge in [0.05, 0.1) is 5.52 Å². The molecule has 3 heterocycles. The zero-order valence-electron chi connectivity index (χ0n) is 15.4. The molecule has 0 atom stereocenters. The van der Waals surface area contributed by atoms with Gasteiger partial charge in [-0.05, 0) is 36.8 Å². The fraction of sp³-hybridized carbons (Fsp3) is 0.100. The van der Waals surface area contributed by atoms with Crippen LogP contribution >= 0.6 is 0 Å². The summed E-state index contributed by atoms with van der Waals surface area (Å²) in [6, 6.07) is 7.91. The van der Waals surface area contributed by atoms with E-state index < -0.39 is 0 Å². The predicted molar refractivity (Wildman–Crippen MR) is 112 cm³/mol. The number of hydrogen-bond acceptors (Lipinski definition) is 6. The minimum absolute atomic E-state index is 0.262. The molecule has 0 aliphatic heterocycles. The number of imidazole rings is 1. The van der Waals surface area contributed by atoms with Gasteiger partial charge < -0.3 is 21.2 Å². The van der Waals surface area contributed by atoms with Gasteiger partial charge in [-0.1, -0.05) is 6.07 Å². The number of fused-ring (bicyclic) bond motifs is 2. The van der Waals surface area contributed by atoms with Crippen molar-refractivity contribution in [3.8, 4) is 11.1 Å². The third-order valence-corrected chi connectivity index (χ3v) is 4.23. The first-order valence-electron chi connectivity index (χ1n) is 8.87. The zero-order chi connectivity index (χ0) is 19.5. The lowest BCUT2D eigenvalue weighted by molar-refractivity contribution is 0.920. The number of anilines is 1. The third-order valence-electron chi connectivity index (χ3n) is 4.23. The van der Waals surface area contributed by atoms with Gasteiger partial charge in [0.25, 0.3) is 0 Å². The van der Waals surface area contributed by atoms with Crippen LogP contribution in [0, 0.1) is 0 Å². The molecule has 0 bridgehead atoms. The van der Waals surface area contributed by atoms with Crippen molar-refractivity contribution >= 4 is 34.0 Å². The molecule has 0 saturated carbocycles. The molecule has 0 aliphatic rings. The Balaban J connectivity index is 1.80. The van der Waals surface area contributed by atoms with E-state index in [0.29, 0.717) is 11.5 Å². The lowest BCUT2D eigenvalue weighted by atomic mass is 10.1. The molecular weight excluding hydrogens is 352 g/mol. The molecule has 0 aliphatic carbocycles. The van der Waals surface area contributed by atoms with Gasteiger partial charge in [-0.2, -0.15) is 0 Å². The summed E-state index contributed by atoms with van der Waals surface area (Å²) in [5, 5.41) is 3.98. The van der Waals surface area contributed by atoms with Gasteiger partial charge in [-0.3, -0.25) is 0 Å². The van der Waals surface area contributed by atoms with Crippen LogP contribution in [-0.2, 0) is 0 Å². The molecule has 0 saturated heterocycles. The highest BCUT2D eigenvalue weighted by atomic mass is 15.0. The normalized spacial score (nSPS) is 12.2. The molecule has 0 radical (unpaired) electrons. The maximum absolute atomic E-state index is 6.04. The maximum atomic E-state index is 6.04. The Morgan fingerprint density at radius 1 is 1.25 bits per heavy atom. The Bertz CT molecular complexity index is 1210. The van der Waals surface area contributed by atoms with Crippen LogP contribution in [0.2, 0.25) is 0 Å². The van der Waals surface area contributed by atoms with Crippen molar-refractivity contribution < 1.29 is 0 Å². The van der Waals surface area contributed by atoms with Crippen molar-refractivity contribution in [2.75, 3.05) is 12.3 Å². The number of nitrogens with one attached hydrogen (secondary N) is 1. The Labute approximate surface area is 161 Å². The molecule has 0 spiro atoms. The van der Waals surface area contributed by atoms with E-state index in [1.807, 2.05) is 48.0 Å². The first kappa shape index (κ1) is 17.5. The zero-order valence-corrected chi connectivity index (χ0v) is 15.4. The molecule has 3 aromatic heterocycles. The summed E-state index contributed by atoms with van der Waals surface area (Å²) in [6.45, 7) is 2.83. The number of nitrogens with two attached hydrogens (primary N) is 2. The molecule has 1 aromatic carbocycles. The second-order valence-corrected chi connectivity index (χ2v) is 6.20. The summed E-state index contributed by atoms with van der Waals surface area (Å²) in [5.41, 5.74) is 15.9. The lowest BCUT2D eigenvalue weighted by Gasteiger charge is -2.08. The monoisotopic (exact) mass is 372 g/mol. The van der Waals surface area contributed by atoms with Crippen LogP contribution in [-0.4, -0.2) is 31.7 Å². The predicted octanol–water partition coefficient (Wildman–Crippen LogP) is 2.64. The van der Waals surface area contributed by atoms with E-state index in [0.717, 1.165) is 34.2 Å². The molecule has 8 nitrogen and oxygen atoms in total. The molecule has 8 heteroatoms. The average molecular weight is 372 g/mol. The highest BCUT2D eigenvalue weighted by Gasteiger charge is 2.08. The van der Waals surface area contributed by atoms with E-state index in [2.05, 4.69) is 25.3 Å². The topological polar surface area (TPSA) is 120 Å². The van der Waals surface area contributed by atoms with Gasteiger partial charge in [0, 0.05) is 48.5 Å². The summed E-state index contributed by atoms with van der Waals surface area (Å²) in [6.07, 6.45) is 10.9. The second-order valence-electron chi connectivity index (χ2n) is 6.20. The van der Waals surface area contributed by atoms with Crippen LogP contribution in [0.5, 0.6) is 0 Å². The number of aliphatic imine (C=N–C) groups is 1. The molecule has 4 rings (SSSR count). The van der Waals surface area contributed by atoms with Crippen LogP contribution < -0.4 is 16.8 Å². The van der Waals surface area contributed by atoms with Gasteiger partial charge >= 0.3 is 0 Å². The lowest BCUT2D eigenvalue weighted by Crippen LogP contribution is -2.10.